The van der Waals surface area contributed by atoms with Crippen LogP contribution in [0.4, 0.5) is 5.69 Å². The Bertz CT molecular complexity index is 501. The first-order valence-corrected chi connectivity index (χ1v) is 7.66. The van der Waals surface area contributed by atoms with Gasteiger partial charge in [-0.2, -0.15) is 0 Å². The quantitative estimate of drug-likeness (QED) is 0.926. The van der Waals surface area contributed by atoms with E-state index in [1.165, 1.54) is 0 Å². The van der Waals surface area contributed by atoms with Crippen LogP contribution in [0.15, 0.2) is 24.3 Å². The topological polar surface area (TPSA) is 41.6 Å². The molecule has 0 aromatic heterocycles. The number of anilines is 1. The van der Waals surface area contributed by atoms with Crippen molar-refractivity contribution in [3.63, 3.8) is 0 Å². The van der Waals surface area contributed by atoms with E-state index in [-0.39, 0.29) is 11.5 Å². The van der Waals surface area contributed by atoms with E-state index in [0.29, 0.717) is 6.04 Å². The highest BCUT2D eigenvalue weighted by Gasteiger charge is 2.32. The zero-order chi connectivity index (χ0) is 15.5. The molecule has 2 atom stereocenters. The van der Waals surface area contributed by atoms with Gasteiger partial charge < -0.3 is 15.0 Å². The van der Waals surface area contributed by atoms with Crippen molar-refractivity contribution in [1.29, 1.82) is 0 Å². The van der Waals surface area contributed by atoms with Crippen LogP contribution in [0, 0.1) is 0 Å². The van der Waals surface area contributed by atoms with Gasteiger partial charge in [0, 0.05) is 32.4 Å². The van der Waals surface area contributed by atoms with Crippen molar-refractivity contribution < 1.29 is 9.53 Å². The molecule has 2 unspecified atom stereocenters. The number of hydrogen-bond donors (Lipinski definition) is 1. The number of nitrogens with zero attached hydrogens (tertiary/aromatic N) is 1. The molecule has 1 heterocycles. The maximum absolute atomic E-state index is 12.3. The maximum atomic E-state index is 12.3. The molecule has 1 aliphatic rings. The summed E-state index contributed by atoms with van der Waals surface area (Å²) in [6, 6.07) is 8.08. The molecule has 21 heavy (non-hydrogen) atoms. The minimum Gasteiger partial charge on any atom is -0.381 e. The summed E-state index contributed by atoms with van der Waals surface area (Å²) in [5.74, 6) is 0.0309. The molecule has 1 fully saturated rings. The lowest BCUT2D eigenvalue weighted by Crippen LogP contribution is -2.42. The molecule has 1 aliphatic heterocycles. The molecule has 4 nitrogen and oxygen atoms in total. The third-order valence-corrected chi connectivity index (χ3v) is 4.27. The summed E-state index contributed by atoms with van der Waals surface area (Å²) < 4.78 is 5.88. The SMILES string of the molecule is CCC1(C)CC(Nc2ccccc2C(=O)N(C)C)CCO1. The first-order chi connectivity index (χ1) is 9.95. The summed E-state index contributed by atoms with van der Waals surface area (Å²) in [5.41, 5.74) is 1.59. The molecule has 0 saturated carbocycles. The van der Waals surface area contributed by atoms with Crippen LogP contribution in [0.25, 0.3) is 0 Å². The highest BCUT2D eigenvalue weighted by molar-refractivity contribution is 5.99. The number of rotatable bonds is 4. The van der Waals surface area contributed by atoms with Crippen LogP contribution >= 0.6 is 0 Å². The Morgan fingerprint density at radius 2 is 2.14 bits per heavy atom. The van der Waals surface area contributed by atoms with Gasteiger partial charge in [0.25, 0.3) is 5.91 Å². The Morgan fingerprint density at radius 3 is 2.81 bits per heavy atom. The van der Waals surface area contributed by atoms with Gasteiger partial charge in [-0.05, 0) is 38.3 Å². The van der Waals surface area contributed by atoms with E-state index in [1.807, 2.05) is 24.3 Å². The Balaban J connectivity index is 2.15. The summed E-state index contributed by atoms with van der Waals surface area (Å²) in [6.07, 6.45) is 2.94. The summed E-state index contributed by atoms with van der Waals surface area (Å²) in [4.78, 5) is 13.9. The van der Waals surface area contributed by atoms with Crippen LogP contribution in [0.1, 0.15) is 43.5 Å². The van der Waals surface area contributed by atoms with Crippen molar-refractivity contribution in [2.45, 2.75) is 44.8 Å². The summed E-state index contributed by atoms with van der Waals surface area (Å²) in [7, 11) is 3.56. The molecule has 0 aliphatic carbocycles. The standard InChI is InChI=1S/C17H26N2O2/c1-5-17(2)12-13(10-11-21-17)18-15-9-7-6-8-14(15)16(20)19(3)4/h6-9,13,18H,5,10-12H2,1-4H3. The second kappa shape index (κ2) is 6.48. The highest BCUT2D eigenvalue weighted by Crippen LogP contribution is 2.30. The summed E-state index contributed by atoms with van der Waals surface area (Å²) in [5, 5.41) is 3.55. The number of ether oxygens (including phenoxy) is 1. The molecule has 1 N–H and O–H groups in total. The van der Waals surface area contributed by atoms with Gasteiger partial charge in [-0.3, -0.25) is 4.79 Å². The smallest absolute Gasteiger partial charge is 0.255 e. The van der Waals surface area contributed by atoms with Gasteiger partial charge in [-0.25, -0.2) is 0 Å². The first kappa shape index (κ1) is 15.8. The zero-order valence-corrected chi connectivity index (χ0v) is 13.5. The highest BCUT2D eigenvalue weighted by atomic mass is 16.5. The third kappa shape index (κ3) is 3.76. The van der Waals surface area contributed by atoms with Crippen LogP contribution in [-0.4, -0.2) is 43.2 Å². The molecule has 1 amide bonds. The molecule has 0 radical (unpaired) electrons. The minimum atomic E-state index is -0.0591. The molecule has 0 bridgehead atoms. The van der Waals surface area contributed by atoms with Crippen molar-refractivity contribution in [3.05, 3.63) is 29.8 Å². The second-order valence-electron chi connectivity index (χ2n) is 6.23. The van der Waals surface area contributed by atoms with Gasteiger partial charge in [-0.15, -0.1) is 0 Å². The second-order valence-corrected chi connectivity index (χ2v) is 6.23. The normalized spacial score (nSPS) is 25.4. The Kier molecular flexibility index (Phi) is 4.88. The minimum absolute atomic E-state index is 0.0309. The van der Waals surface area contributed by atoms with Crippen LogP contribution in [0.3, 0.4) is 0 Å². The number of para-hydroxylation sites is 1. The monoisotopic (exact) mass is 290 g/mol. The average Bonchev–Trinajstić information content (AvgIpc) is 2.47. The molecular formula is C17H26N2O2. The van der Waals surface area contributed by atoms with E-state index in [4.69, 9.17) is 4.74 Å². The van der Waals surface area contributed by atoms with Crippen molar-refractivity contribution in [2.75, 3.05) is 26.0 Å². The van der Waals surface area contributed by atoms with Gasteiger partial charge in [0.2, 0.25) is 0 Å². The van der Waals surface area contributed by atoms with E-state index in [1.54, 1.807) is 19.0 Å². The molecular weight excluding hydrogens is 264 g/mol. The number of carbonyl (C=O) groups is 1. The van der Waals surface area contributed by atoms with Crippen molar-refractivity contribution >= 4 is 11.6 Å². The molecule has 1 aromatic carbocycles. The van der Waals surface area contributed by atoms with Gasteiger partial charge in [0.15, 0.2) is 0 Å². The van der Waals surface area contributed by atoms with E-state index >= 15 is 0 Å². The lowest BCUT2D eigenvalue weighted by Gasteiger charge is -2.38. The lowest BCUT2D eigenvalue weighted by molar-refractivity contribution is -0.0708. The fourth-order valence-corrected chi connectivity index (χ4v) is 2.76. The molecule has 116 valence electrons. The Morgan fingerprint density at radius 1 is 1.43 bits per heavy atom. The lowest BCUT2D eigenvalue weighted by atomic mass is 9.89. The van der Waals surface area contributed by atoms with Crippen LogP contribution in [0.2, 0.25) is 0 Å². The maximum Gasteiger partial charge on any atom is 0.255 e. The fourth-order valence-electron chi connectivity index (χ4n) is 2.76. The van der Waals surface area contributed by atoms with E-state index < -0.39 is 0 Å². The van der Waals surface area contributed by atoms with Gasteiger partial charge in [0.05, 0.1) is 11.2 Å². The number of carbonyl (C=O) groups excluding carboxylic acids is 1. The molecule has 2 rings (SSSR count). The average molecular weight is 290 g/mol. The van der Waals surface area contributed by atoms with Gasteiger partial charge in [-0.1, -0.05) is 19.1 Å². The van der Waals surface area contributed by atoms with Crippen LogP contribution < -0.4 is 5.32 Å². The van der Waals surface area contributed by atoms with Crippen LogP contribution in [-0.2, 0) is 4.74 Å². The Labute approximate surface area is 127 Å². The summed E-state index contributed by atoms with van der Waals surface area (Å²) >= 11 is 0. The number of amides is 1. The molecule has 0 spiro atoms. The fraction of sp³-hybridized carbons (Fsp3) is 0.588. The van der Waals surface area contributed by atoms with E-state index in [0.717, 1.165) is 37.1 Å². The third-order valence-electron chi connectivity index (χ3n) is 4.27. The molecule has 1 aromatic rings. The zero-order valence-electron chi connectivity index (χ0n) is 13.5. The molecule has 1 saturated heterocycles. The van der Waals surface area contributed by atoms with Crippen LogP contribution in [0.5, 0.6) is 0 Å². The van der Waals surface area contributed by atoms with E-state index in [9.17, 15) is 4.79 Å². The Hall–Kier alpha value is -1.55. The largest absolute Gasteiger partial charge is 0.381 e. The van der Waals surface area contributed by atoms with Crippen molar-refractivity contribution in [2.24, 2.45) is 0 Å². The predicted octanol–water partition coefficient (Wildman–Crippen LogP) is 3.15. The van der Waals surface area contributed by atoms with E-state index in [2.05, 4.69) is 19.2 Å². The first-order valence-electron chi connectivity index (χ1n) is 7.66. The number of nitrogens with one attached hydrogen (secondary N) is 1. The number of benzene rings is 1. The predicted molar refractivity (Wildman–Crippen MR) is 85.8 cm³/mol. The molecule has 4 heteroatoms. The van der Waals surface area contributed by atoms with Gasteiger partial charge in [0.1, 0.15) is 0 Å². The summed E-state index contributed by atoms with van der Waals surface area (Å²) in [6.45, 7) is 5.09. The van der Waals surface area contributed by atoms with Crippen molar-refractivity contribution in [3.8, 4) is 0 Å². The number of hydrogen-bond acceptors (Lipinski definition) is 3. The van der Waals surface area contributed by atoms with Crippen molar-refractivity contribution in [1.82, 2.24) is 4.90 Å². The van der Waals surface area contributed by atoms with Gasteiger partial charge >= 0.3 is 0 Å².